The molecule has 4 nitrogen and oxygen atoms in total. The monoisotopic (exact) mass is 386 g/mol. The van der Waals surface area contributed by atoms with Crippen molar-refractivity contribution in [1.82, 2.24) is 4.57 Å². The van der Waals surface area contributed by atoms with Gasteiger partial charge in [0.15, 0.2) is 5.58 Å². The van der Waals surface area contributed by atoms with Crippen LogP contribution in [0.3, 0.4) is 0 Å². The number of nitrogens with zero attached hydrogens (tertiary/aromatic N) is 1. The Morgan fingerprint density at radius 3 is 2.74 bits per heavy atom. The van der Waals surface area contributed by atoms with Gasteiger partial charge in [-0.2, -0.15) is 0 Å². The van der Waals surface area contributed by atoms with E-state index in [1.807, 2.05) is 0 Å². The van der Waals surface area contributed by atoms with E-state index in [-0.39, 0.29) is 17.4 Å². The molecule has 0 aliphatic rings. The number of nitrogens with one attached hydrogen (secondary N) is 1. The average Bonchev–Trinajstić information content (AvgIpc) is 3.21. The van der Waals surface area contributed by atoms with Gasteiger partial charge in [-0.05, 0) is 35.9 Å². The molecule has 4 rings (SSSR count). The lowest BCUT2D eigenvalue weighted by Crippen LogP contribution is -2.17. The molecular formula is C20H13ClF2N2O2. The molecule has 2 aromatic carbocycles. The maximum absolute atomic E-state index is 13.5. The van der Waals surface area contributed by atoms with Gasteiger partial charge in [0, 0.05) is 24.4 Å². The van der Waals surface area contributed by atoms with Crippen LogP contribution in [0.5, 0.6) is 0 Å². The summed E-state index contributed by atoms with van der Waals surface area (Å²) in [5, 5.41) is 2.60. The number of benzene rings is 2. The molecule has 0 bridgehead atoms. The van der Waals surface area contributed by atoms with Crippen molar-refractivity contribution in [2.24, 2.45) is 0 Å². The normalized spacial score (nSPS) is 11.1. The average molecular weight is 387 g/mol. The second-order valence-corrected chi connectivity index (χ2v) is 6.41. The summed E-state index contributed by atoms with van der Waals surface area (Å²) in [6.07, 6.45) is 1.52. The predicted molar refractivity (Wildman–Crippen MR) is 99.1 cm³/mol. The highest BCUT2D eigenvalue weighted by Crippen LogP contribution is 2.25. The Labute approximate surface area is 158 Å². The fourth-order valence-corrected chi connectivity index (χ4v) is 3.10. The second-order valence-electron chi connectivity index (χ2n) is 6.00. The number of amides is 1. The lowest BCUT2D eigenvalue weighted by atomic mass is 10.2. The van der Waals surface area contributed by atoms with E-state index in [1.54, 1.807) is 28.8 Å². The van der Waals surface area contributed by atoms with Gasteiger partial charge in [-0.15, -0.1) is 0 Å². The first-order valence-electron chi connectivity index (χ1n) is 8.09. The van der Waals surface area contributed by atoms with E-state index < -0.39 is 11.7 Å². The highest BCUT2D eigenvalue weighted by molar-refractivity contribution is 6.31. The third kappa shape index (κ3) is 3.44. The number of rotatable bonds is 4. The maximum Gasteiger partial charge on any atom is 0.272 e. The van der Waals surface area contributed by atoms with E-state index in [9.17, 15) is 13.6 Å². The number of carbonyl (C=O) groups excluding carboxylic acids is 1. The minimum Gasteiger partial charge on any atom is -0.463 e. The fraction of sp³-hybridized carbons (Fsp3) is 0.0500. The van der Waals surface area contributed by atoms with Gasteiger partial charge in [0.2, 0.25) is 0 Å². The Morgan fingerprint density at radius 1 is 1.11 bits per heavy atom. The first-order valence-corrected chi connectivity index (χ1v) is 8.46. The molecule has 1 N–H and O–H groups in total. The molecule has 0 saturated carbocycles. The Morgan fingerprint density at radius 2 is 1.96 bits per heavy atom. The molecule has 1 amide bonds. The Balaban J connectivity index is 1.69. The molecule has 7 heteroatoms. The first kappa shape index (κ1) is 17.3. The SMILES string of the molecule is O=C(Nc1ccc(F)c(Cl)c1)c1cc2occc2n1Cc1cccc(F)c1. The van der Waals surface area contributed by atoms with Gasteiger partial charge in [0.1, 0.15) is 17.3 Å². The van der Waals surface area contributed by atoms with E-state index in [4.69, 9.17) is 16.0 Å². The van der Waals surface area contributed by atoms with Crippen LogP contribution in [-0.2, 0) is 6.54 Å². The largest absolute Gasteiger partial charge is 0.463 e. The van der Waals surface area contributed by atoms with Gasteiger partial charge >= 0.3 is 0 Å². The number of fused-ring (bicyclic) bond motifs is 1. The van der Waals surface area contributed by atoms with E-state index in [0.717, 1.165) is 0 Å². The van der Waals surface area contributed by atoms with E-state index in [2.05, 4.69) is 5.32 Å². The molecule has 0 aliphatic heterocycles. The molecule has 0 aliphatic carbocycles. The van der Waals surface area contributed by atoms with E-state index in [0.29, 0.717) is 28.0 Å². The minimum atomic E-state index is -0.568. The zero-order chi connectivity index (χ0) is 19.0. The number of anilines is 1. The summed E-state index contributed by atoms with van der Waals surface area (Å²) in [6.45, 7) is 0.285. The van der Waals surface area contributed by atoms with Crippen molar-refractivity contribution < 1.29 is 18.0 Å². The first-order chi connectivity index (χ1) is 13.0. The van der Waals surface area contributed by atoms with E-state index >= 15 is 0 Å². The molecule has 136 valence electrons. The van der Waals surface area contributed by atoms with E-state index in [1.165, 1.54) is 36.6 Å². The van der Waals surface area contributed by atoms with Crippen LogP contribution in [0, 0.1) is 11.6 Å². The molecule has 2 aromatic heterocycles. The van der Waals surface area contributed by atoms with Gasteiger partial charge in [-0.3, -0.25) is 4.79 Å². The van der Waals surface area contributed by atoms with Crippen LogP contribution in [-0.4, -0.2) is 10.5 Å². The Bertz CT molecular complexity index is 1150. The van der Waals surface area contributed by atoms with Gasteiger partial charge in [0.25, 0.3) is 5.91 Å². The maximum atomic E-state index is 13.5. The van der Waals surface area contributed by atoms with Crippen LogP contribution in [0.25, 0.3) is 11.1 Å². The lowest BCUT2D eigenvalue weighted by Gasteiger charge is -2.11. The standard InChI is InChI=1S/C20H13ClF2N2O2/c21-15-9-14(4-5-16(15)23)24-20(26)18-10-19-17(6-7-27-19)25(18)11-12-2-1-3-13(22)8-12/h1-10H,11H2,(H,24,26). The Kier molecular flexibility index (Phi) is 4.41. The molecule has 4 aromatic rings. The smallest absolute Gasteiger partial charge is 0.272 e. The quantitative estimate of drug-likeness (QED) is 0.505. The summed E-state index contributed by atoms with van der Waals surface area (Å²) < 4.78 is 33.9. The number of aromatic nitrogens is 1. The number of carbonyl (C=O) groups is 1. The van der Waals surface area contributed by atoms with Crippen LogP contribution in [0.1, 0.15) is 16.1 Å². The molecular weight excluding hydrogens is 374 g/mol. The molecule has 0 atom stereocenters. The predicted octanol–water partition coefficient (Wildman–Crippen LogP) is 5.47. The highest BCUT2D eigenvalue weighted by Gasteiger charge is 2.18. The van der Waals surface area contributed by atoms with Crippen molar-refractivity contribution in [1.29, 1.82) is 0 Å². The van der Waals surface area contributed by atoms with Crippen molar-refractivity contribution in [2.45, 2.75) is 6.54 Å². The molecule has 2 heterocycles. The molecule has 0 radical (unpaired) electrons. The zero-order valence-corrected chi connectivity index (χ0v) is 14.6. The van der Waals surface area contributed by atoms with Crippen molar-refractivity contribution in [3.05, 3.63) is 88.8 Å². The fourth-order valence-electron chi connectivity index (χ4n) is 2.92. The lowest BCUT2D eigenvalue weighted by molar-refractivity contribution is 0.101. The van der Waals surface area contributed by atoms with Gasteiger partial charge in [-0.25, -0.2) is 8.78 Å². The number of furan rings is 1. The summed E-state index contributed by atoms with van der Waals surface area (Å²) in [5.74, 6) is -1.34. The van der Waals surface area contributed by atoms with Crippen LogP contribution in [0.2, 0.25) is 5.02 Å². The van der Waals surface area contributed by atoms with Crippen molar-refractivity contribution in [2.75, 3.05) is 5.32 Å². The second kappa shape index (κ2) is 6.89. The molecule has 0 unspecified atom stereocenters. The third-order valence-electron chi connectivity index (χ3n) is 4.16. The van der Waals surface area contributed by atoms with Crippen LogP contribution < -0.4 is 5.32 Å². The molecule has 0 saturated heterocycles. The van der Waals surface area contributed by atoms with Gasteiger partial charge < -0.3 is 14.3 Å². The van der Waals surface area contributed by atoms with Crippen LogP contribution in [0.15, 0.2) is 65.3 Å². The van der Waals surface area contributed by atoms with Gasteiger partial charge in [0.05, 0.1) is 16.8 Å². The Hall–Kier alpha value is -3.12. The molecule has 27 heavy (non-hydrogen) atoms. The van der Waals surface area contributed by atoms with Crippen LogP contribution >= 0.6 is 11.6 Å². The van der Waals surface area contributed by atoms with Crippen molar-refractivity contribution in [3.8, 4) is 0 Å². The number of halogens is 3. The van der Waals surface area contributed by atoms with Crippen molar-refractivity contribution in [3.63, 3.8) is 0 Å². The number of hydrogen-bond acceptors (Lipinski definition) is 2. The third-order valence-corrected chi connectivity index (χ3v) is 4.45. The summed E-state index contributed by atoms with van der Waals surface area (Å²) in [6, 6.07) is 13.4. The molecule has 0 fully saturated rings. The molecule has 0 spiro atoms. The van der Waals surface area contributed by atoms with Gasteiger partial charge in [-0.1, -0.05) is 23.7 Å². The minimum absolute atomic E-state index is 0.0864. The summed E-state index contributed by atoms with van der Waals surface area (Å²) in [7, 11) is 0. The van der Waals surface area contributed by atoms with Crippen molar-refractivity contribution >= 4 is 34.3 Å². The summed E-state index contributed by atoms with van der Waals surface area (Å²) in [4.78, 5) is 12.8. The summed E-state index contributed by atoms with van der Waals surface area (Å²) in [5.41, 5.74) is 2.64. The summed E-state index contributed by atoms with van der Waals surface area (Å²) >= 11 is 5.76. The van der Waals surface area contributed by atoms with Crippen LogP contribution in [0.4, 0.5) is 14.5 Å². The highest BCUT2D eigenvalue weighted by atomic mass is 35.5. The zero-order valence-electron chi connectivity index (χ0n) is 13.9. The number of hydrogen-bond donors (Lipinski definition) is 1. The topological polar surface area (TPSA) is 47.2 Å².